The van der Waals surface area contributed by atoms with Gasteiger partial charge in [-0.15, -0.1) is 0 Å². The first-order valence-electron chi connectivity index (χ1n) is 4.66. The van der Waals surface area contributed by atoms with Crippen molar-refractivity contribution in [3.8, 4) is 0 Å². The zero-order chi connectivity index (χ0) is 12.2. The molecule has 0 unspecified atom stereocenters. The van der Waals surface area contributed by atoms with Gasteiger partial charge in [-0.2, -0.15) is 0 Å². The second-order valence-electron chi connectivity index (χ2n) is 3.43. The molecule has 16 heavy (non-hydrogen) atoms. The zero-order valence-corrected chi connectivity index (χ0v) is 10.0. The highest BCUT2D eigenvalue weighted by atomic mass is 32.2. The molecule has 0 saturated heterocycles. The highest BCUT2D eigenvalue weighted by Crippen LogP contribution is 2.12. The second-order valence-corrected chi connectivity index (χ2v) is 5.45. The minimum atomic E-state index is -3.16. The molecule has 4 nitrogen and oxygen atoms in total. The van der Waals surface area contributed by atoms with Gasteiger partial charge in [-0.3, -0.25) is 0 Å². The first-order valence-corrected chi connectivity index (χ1v) is 6.55. The van der Waals surface area contributed by atoms with Crippen molar-refractivity contribution in [2.75, 3.05) is 6.26 Å². The van der Waals surface area contributed by atoms with Crippen molar-refractivity contribution in [2.45, 2.75) is 11.8 Å². The zero-order valence-electron chi connectivity index (χ0n) is 9.21. The quantitative estimate of drug-likeness (QED) is 0.639. The van der Waals surface area contributed by atoms with E-state index < -0.39 is 9.84 Å². The van der Waals surface area contributed by atoms with Crippen molar-refractivity contribution in [3.63, 3.8) is 0 Å². The fourth-order valence-electron chi connectivity index (χ4n) is 1.09. The SMILES string of the molecule is CC(N)=NC=Cc1cccc(S(C)(=O)=O)c1. The van der Waals surface area contributed by atoms with E-state index in [2.05, 4.69) is 4.99 Å². The molecule has 0 radical (unpaired) electrons. The summed E-state index contributed by atoms with van der Waals surface area (Å²) in [7, 11) is -3.16. The predicted molar refractivity (Wildman–Crippen MR) is 65.9 cm³/mol. The molecule has 1 aromatic rings. The van der Waals surface area contributed by atoms with Gasteiger partial charge in [-0.05, 0) is 30.7 Å². The molecule has 1 rings (SSSR count). The summed E-state index contributed by atoms with van der Waals surface area (Å²) in [5, 5.41) is 0. The summed E-state index contributed by atoms with van der Waals surface area (Å²) in [4.78, 5) is 4.17. The molecule has 5 heteroatoms. The molecule has 0 spiro atoms. The van der Waals surface area contributed by atoms with Crippen LogP contribution in [0.2, 0.25) is 0 Å². The van der Waals surface area contributed by atoms with Crippen LogP contribution in [-0.4, -0.2) is 20.5 Å². The van der Waals surface area contributed by atoms with E-state index in [4.69, 9.17) is 5.73 Å². The van der Waals surface area contributed by atoms with E-state index in [1.165, 1.54) is 12.5 Å². The van der Waals surface area contributed by atoms with E-state index >= 15 is 0 Å². The molecule has 0 heterocycles. The van der Waals surface area contributed by atoms with E-state index in [9.17, 15) is 8.42 Å². The molecule has 0 amide bonds. The number of nitrogens with two attached hydrogens (primary N) is 1. The molecule has 0 atom stereocenters. The lowest BCUT2D eigenvalue weighted by Gasteiger charge is -1.98. The average molecular weight is 238 g/mol. The summed E-state index contributed by atoms with van der Waals surface area (Å²) >= 11 is 0. The standard InChI is InChI=1S/C11H14N2O2S/c1-9(12)13-7-6-10-4-3-5-11(8-10)16(2,14)15/h3-8H,1-2H3,(H2,12,13). The first kappa shape index (κ1) is 12.4. The fraction of sp³-hybridized carbons (Fsp3) is 0.182. The van der Waals surface area contributed by atoms with Gasteiger partial charge in [0.2, 0.25) is 0 Å². The van der Waals surface area contributed by atoms with Gasteiger partial charge in [0.15, 0.2) is 9.84 Å². The van der Waals surface area contributed by atoms with Gasteiger partial charge >= 0.3 is 0 Å². The Bertz CT molecular complexity index is 527. The summed E-state index contributed by atoms with van der Waals surface area (Å²) < 4.78 is 22.6. The molecule has 86 valence electrons. The predicted octanol–water partition coefficient (Wildman–Crippen LogP) is 1.44. The summed E-state index contributed by atoms with van der Waals surface area (Å²) in [5.74, 6) is 0.454. The Labute approximate surface area is 95.4 Å². The Balaban J connectivity index is 3.01. The maximum absolute atomic E-state index is 11.3. The maximum Gasteiger partial charge on any atom is 0.175 e. The minimum absolute atomic E-state index is 0.295. The van der Waals surface area contributed by atoms with Crippen LogP contribution in [0.4, 0.5) is 0 Å². The Hall–Kier alpha value is -1.62. The van der Waals surface area contributed by atoms with Crippen LogP contribution in [0.1, 0.15) is 12.5 Å². The van der Waals surface area contributed by atoms with Gasteiger partial charge in [0, 0.05) is 12.5 Å². The third-order valence-electron chi connectivity index (χ3n) is 1.83. The lowest BCUT2D eigenvalue weighted by Crippen LogP contribution is -2.03. The molecule has 0 bridgehead atoms. The van der Waals surface area contributed by atoms with Crippen LogP contribution in [0.5, 0.6) is 0 Å². The molecule has 0 aliphatic carbocycles. The van der Waals surface area contributed by atoms with E-state index in [0.29, 0.717) is 10.7 Å². The Morgan fingerprint density at radius 1 is 1.44 bits per heavy atom. The fourth-order valence-corrected chi connectivity index (χ4v) is 1.77. The van der Waals surface area contributed by atoms with E-state index in [1.807, 2.05) is 0 Å². The van der Waals surface area contributed by atoms with Crippen molar-refractivity contribution in [2.24, 2.45) is 10.7 Å². The van der Waals surface area contributed by atoms with Crippen LogP contribution in [0.25, 0.3) is 6.08 Å². The largest absolute Gasteiger partial charge is 0.387 e. The van der Waals surface area contributed by atoms with Crippen LogP contribution >= 0.6 is 0 Å². The number of nitrogens with zero attached hydrogens (tertiary/aromatic N) is 1. The lowest BCUT2D eigenvalue weighted by molar-refractivity contribution is 0.602. The Morgan fingerprint density at radius 3 is 2.69 bits per heavy atom. The van der Waals surface area contributed by atoms with E-state index in [0.717, 1.165) is 5.56 Å². The van der Waals surface area contributed by atoms with Gasteiger partial charge in [-0.25, -0.2) is 13.4 Å². The minimum Gasteiger partial charge on any atom is -0.387 e. The molecule has 0 saturated carbocycles. The third kappa shape index (κ3) is 3.86. The Kier molecular flexibility index (Phi) is 3.84. The molecule has 0 aliphatic heterocycles. The smallest absolute Gasteiger partial charge is 0.175 e. The topological polar surface area (TPSA) is 72.5 Å². The van der Waals surface area contributed by atoms with Crippen molar-refractivity contribution >= 4 is 21.7 Å². The molecule has 0 fully saturated rings. The van der Waals surface area contributed by atoms with Gasteiger partial charge in [-0.1, -0.05) is 12.1 Å². The Morgan fingerprint density at radius 2 is 2.12 bits per heavy atom. The number of aliphatic imine (C=N–C) groups is 1. The summed E-state index contributed by atoms with van der Waals surface area (Å²) in [6.07, 6.45) is 4.42. The van der Waals surface area contributed by atoms with Crippen molar-refractivity contribution in [1.82, 2.24) is 0 Å². The third-order valence-corrected chi connectivity index (χ3v) is 2.94. The molecular weight excluding hydrogens is 224 g/mol. The number of sulfone groups is 1. The monoisotopic (exact) mass is 238 g/mol. The van der Waals surface area contributed by atoms with Crippen molar-refractivity contribution in [1.29, 1.82) is 0 Å². The van der Waals surface area contributed by atoms with Crippen molar-refractivity contribution < 1.29 is 8.42 Å². The van der Waals surface area contributed by atoms with E-state index in [1.54, 1.807) is 37.3 Å². The molecule has 1 aromatic carbocycles. The highest BCUT2D eigenvalue weighted by molar-refractivity contribution is 7.90. The molecule has 0 aliphatic rings. The number of rotatable bonds is 3. The highest BCUT2D eigenvalue weighted by Gasteiger charge is 2.05. The maximum atomic E-state index is 11.3. The average Bonchev–Trinajstić information content (AvgIpc) is 2.16. The van der Waals surface area contributed by atoms with Crippen LogP contribution in [0.3, 0.4) is 0 Å². The van der Waals surface area contributed by atoms with Crippen LogP contribution in [0, 0.1) is 0 Å². The van der Waals surface area contributed by atoms with Crippen LogP contribution < -0.4 is 5.73 Å². The number of hydrogen-bond acceptors (Lipinski definition) is 3. The van der Waals surface area contributed by atoms with Crippen LogP contribution in [-0.2, 0) is 9.84 Å². The van der Waals surface area contributed by atoms with Gasteiger partial charge in [0.05, 0.1) is 10.7 Å². The van der Waals surface area contributed by atoms with Crippen LogP contribution in [0.15, 0.2) is 40.4 Å². The number of hydrogen-bond donors (Lipinski definition) is 1. The lowest BCUT2D eigenvalue weighted by atomic mass is 10.2. The molecular formula is C11H14N2O2S. The number of amidine groups is 1. The first-order chi connectivity index (χ1) is 7.39. The summed E-state index contributed by atoms with van der Waals surface area (Å²) in [6, 6.07) is 6.64. The summed E-state index contributed by atoms with van der Waals surface area (Å²) in [5.41, 5.74) is 6.13. The number of benzene rings is 1. The summed E-state index contributed by atoms with van der Waals surface area (Å²) in [6.45, 7) is 1.68. The van der Waals surface area contributed by atoms with Gasteiger partial charge < -0.3 is 5.73 Å². The molecule has 2 N–H and O–H groups in total. The van der Waals surface area contributed by atoms with Gasteiger partial charge in [0.1, 0.15) is 0 Å². The molecule has 0 aromatic heterocycles. The van der Waals surface area contributed by atoms with Crippen molar-refractivity contribution in [3.05, 3.63) is 36.0 Å². The van der Waals surface area contributed by atoms with E-state index in [-0.39, 0.29) is 0 Å². The van der Waals surface area contributed by atoms with Gasteiger partial charge in [0.25, 0.3) is 0 Å². The normalized spacial score (nSPS) is 13.2. The second kappa shape index (κ2) is 4.94.